The fourth-order valence-electron chi connectivity index (χ4n) is 2.04. The summed E-state index contributed by atoms with van der Waals surface area (Å²) in [7, 11) is 0. The fourth-order valence-corrected chi connectivity index (χ4v) is 2.04. The Balaban J connectivity index is 1.96. The van der Waals surface area contributed by atoms with E-state index in [1.165, 1.54) is 18.6 Å². The molecule has 1 aromatic carbocycles. The van der Waals surface area contributed by atoms with Crippen LogP contribution in [0.3, 0.4) is 0 Å². The van der Waals surface area contributed by atoms with Gasteiger partial charge < -0.3 is 5.32 Å². The normalized spacial score (nSPS) is 15.8. The van der Waals surface area contributed by atoms with E-state index < -0.39 is 11.0 Å². The second-order valence-electron chi connectivity index (χ2n) is 4.39. The van der Waals surface area contributed by atoms with Crippen LogP contribution in [0.2, 0.25) is 0 Å². The summed E-state index contributed by atoms with van der Waals surface area (Å²) in [5.41, 5.74) is 2.78. The van der Waals surface area contributed by atoms with Crippen LogP contribution in [0.4, 0.5) is 16.2 Å². The number of carbonyl (C=O) groups is 1. The van der Waals surface area contributed by atoms with Gasteiger partial charge in [0.2, 0.25) is 0 Å². The number of nitrogens with one attached hydrogen (secondary N) is 2. The van der Waals surface area contributed by atoms with Crippen LogP contribution in [0.1, 0.15) is 19.3 Å². The molecule has 1 aliphatic heterocycles. The Morgan fingerprint density at radius 2 is 1.89 bits per heavy atom. The van der Waals surface area contributed by atoms with Gasteiger partial charge in [0, 0.05) is 19.2 Å². The van der Waals surface area contributed by atoms with Crippen LogP contribution >= 0.6 is 0 Å². The van der Waals surface area contributed by atoms with Crippen LogP contribution < -0.4 is 10.7 Å². The number of nitro groups is 1. The van der Waals surface area contributed by atoms with Gasteiger partial charge in [-0.3, -0.25) is 15.5 Å². The Morgan fingerprint density at radius 1 is 1.21 bits per heavy atom. The van der Waals surface area contributed by atoms with E-state index in [9.17, 15) is 14.9 Å². The minimum atomic E-state index is -0.517. The van der Waals surface area contributed by atoms with E-state index >= 15 is 0 Å². The van der Waals surface area contributed by atoms with Crippen LogP contribution in [0.15, 0.2) is 24.3 Å². The molecule has 102 valence electrons. The first-order valence-electron chi connectivity index (χ1n) is 6.23. The van der Waals surface area contributed by atoms with E-state index in [0.717, 1.165) is 25.9 Å². The maximum Gasteiger partial charge on any atom is 0.333 e. The average molecular weight is 264 g/mol. The number of urea groups is 1. The van der Waals surface area contributed by atoms with Gasteiger partial charge in [0.1, 0.15) is 5.69 Å². The molecule has 2 amide bonds. The van der Waals surface area contributed by atoms with Gasteiger partial charge in [-0.25, -0.2) is 9.80 Å². The Kier molecular flexibility index (Phi) is 4.30. The third-order valence-corrected chi connectivity index (χ3v) is 2.96. The molecule has 0 bridgehead atoms. The molecule has 1 aromatic rings. The molecule has 1 saturated heterocycles. The van der Waals surface area contributed by atoms with Crippen LogP contribution in [-0.2, 0) is 0 Å². The molecule has 1 aliphatic rings. The molecule has 2 N–H and O–H groups in total. The van der Waals surface area contributed by atoms with Gasteiger partial charge in [0.25, 0.3) is 5.69 Å². The van der Waals surface area contributed by atoms with Crippen molar-refractivity contribution in [2.45, 2.75) is 19.3 Å². The first kappa shape index (κ1) is 13.3. The zero-order valence-electron chi connectivity index (χ0n) is 10.5. The maximum atomic E-state index is 11.8. The quantitative estimate of drug-likeness (QED) is 0.646. The van der Waals surface area contributed by atoms with Crippen molar-refractivity contribution >= 4 is 17.4 Å². The second-order valence-corrected chi connectivity index (χ2v) is 4.39. The standard InChI is InChI=1S/C12H16N4O3/c17-12(14-15-8-4-1-5-9-15)13-10-6-2-3-7-11(10)16(18)19/h2-3,6-7H,1,4-5,8-9H2,(H2,13,14,17). The number of piperidine rings is 1. The van der Waals surface area contributed by atoms with Crippen molar-refractivity contribution < 1.29 is 9.72 Å². The van der Waals surface area contributed by atoms with Crippen molar-refractivity contribution in [3.8, 4) is 0 Å². The van der Waals surface area contributed by atoms with Gasteiger partial charge in [-0.15, -0.1) is 0 Å². The highest BCUT2D eigenvalue weighted by Crippen LogP contribution is 2.22. The van der Waals surface area contributed by atoms with Crippen LogP contribution in [0, 0.1) is 10.1 Å². The summed E-state index contributed by atoms with van der Waals surface area (Å²) >= 11 is 0. The Hall–Kier alpha value is -2.15. The number of amides is 2. The highest BCUT2D eigenvalue weighted by Gasteiger charge is 2.17. The number of hydrazine groups is 1. The Labute approximate surface area is 110 Å². The van der Waals surface area contributed by atoms with Crippen LogP contribution in [-0.4, -0.2) is 29.1 Å². The first-order chi connectivity index (χ1) is 9.16. The molecule has 0 aromatic heterocycles. The van der Waals surface area contributed by atoms with Crippen molar-refractivity contribution in [3.63, 3.8) is 0 Å². The molecular weight excluding hydrogens is 248 g/mol. The number of carbonyl (C=O) groups excluding carboxylic acids is 1. The number of hydrogen-bond acceptors (Lipinski definition) is 4. The summed E-state index contributed by atoms with van der Waals surface area (Å²) in [6.07, 6.45) is 3.27. The fraction of sp³-hybridized carbons (Fsp3) is 0.417. The van der Waals surface area contributed by atoms with Gasteiger partial charge in [-0.05, 0) is 18.9 Å². The van der Waals surface area contributed by atoms with Crippen molar-refractivity contribution in [1.29, 1.82) is 0 Å². The number of benzene rings is 1. The molecule has 1 fully saturated rings. The molecular formula is C12H16N4O3. The minimum Gasteiger partial charge on any atom is -0.301 e. The summed E-state index contributed by atoms with van der Waals surface area (Å²) in [4.78, 5) is 22.1. The maximum absolute atomic E-state index is 11.8. The first-order valence-corrected chi connectivity index (χ1v) is 6.23. The molecule has 0 aliphatic carbocycles. The van der Waals surface area contributed by atoms with Crippen molar-refractivity contribution in [2.75, 3.05) is 18.4 Å². The number of nitro benzene ring substituents is 1. The highest BCUT2D eigenvalue weighted by molar-refractivity contribution is 5.91. The molecule has 7 heteroatoms. The van der Waals surface area contributed by atoms with E-state index in [-0.39, 0.29) is 11.4 Å². The lowest BCUT2D eigenvalue weighted by Crippen LogP contribution is -2.46. The molecule has 1 heterocycles. The topological polar surface area (TPSA) is 87.5 Å². The zero-order chi connectivity index (χ0) is 13.7. The van der Waals surface area contributed by atoms with Gasteiger partial charge in [0.15, 0.2) is 0 Å². The summed E-state index contributed by atoms with van der Waals surface area (Å²) in [6, 6.07) is 5.62. The predicted octanol–water partition coefficient (Wildman–Crippen LogP) is 2.12. The van der Waals surface area contributed by atoms with Crippen LogP contribution in [0.25, 0.3) is 0 Å². The predicted molar refractivity (Wildman–Crippen MR) is 70.7 cm³/mol. The molecule has 0 saturated carbocycles. The second kappa shape index (κ2) is 6.14. The van der Waals surface area contributed by atoms with E-state index in [4.69, 9.17) is 0 Å². The molecule has 7 nitrogen and oxygen atoms in total. The smallest absolute Gasteiger partial charge is 0.301 e. The van der Waals surface area contributed by atoms with Crippen LogP contribution in [0.5, 0.6) is 0 Å². The summed E-state index contributed by atoms with van der Waals surface area (Å²) in [6.45, 7) is 1.62. The number of anilines is 1. The lowest BCUT2D eigenvalue weighted by molar-refractivity contribution is -0.383. The van der Waals surface area contributed by atoms with E-state index in [1.807, 2.05) is 5.01 Å². The molecule has 0 radical (unpaired) electrons. The Bertz CT molecular complexity index is 472. The van der Waals surface area contributed by atoms with Crippen molar-refractivity contribution in [1.82, 2.24) is 10.4 Å². The monoisotopic (exact) mass is 264 g/mol. The lowest BCUT2D eigenvalue weighted by atomic mass is 10.2. The highest BCUT2D eigenvalue weighted by atomic mass is 16.6. The van der Waals surface area contributed by atoms with Gasteiger partial charge in [0.05, 0.1) is 4.92 Å². The largest absolute Gasteiger partial charge is 0.333 e. The zero-order valence-corrected chi connectivity index (χ0v) is 10.5. The lowest BCUT2D eigenvalue weighted by Gasteiger charge is -2.26. The minimum absolute atomic E-state index is 0.115. The third-order valence-electron chi connectivity index (χ3n) is 2.96. The molecule has 0 unspecified atom stereocenters. The third kappa shape index (κ3) is 3.65. The molecule has 0 spiro atoms. The summed E-state index contributed by atoms with van der Waals surface area (Å²) in [5, 5.41) is 15.1. The van der Waals surface area contributed by atoms with Gasteiger partial charge in [-0.2, -0.15) is 0 Å². The summed E-state index contributed by atoms with van der Waals surface area (Å²) in [5.74, 6) is 0. The van der Waals surface area contributed by atoms with E-state index in [1.54, 1.807) is 12.1 Å². The van der Waals surface area contributed by atoms with Crippen molar-refractivity contribution in [3.05, 3.63) is 34.4 Å². The van der Waals surface area contributed by atoms with E-state index in [2.05, 4.69) is 10.7 Å². The van der Waals surface area contributed by atoms with Gasteiger partial charge in [-0.1, -0.05) is 18.6 Å². The molecule has 0 atom stereocenters. The molecule has 2 rings (SSSR count). The van der Waals surface area contributed by atoms with E-state index in [0.29, 0.717) is 0 Å². The average Bonchev–Trinajstić information content (AvgIpc) is 2.40. The number of rotatable bonds is 3. The molecule has 19 heavy (non-hydrogen) atoms. The SMILES string of the molecule is O=C(Nc1ccccc1[N+](=O)[O-])NN1CCCCC1. The number of para-hydroxylation sites is 2. The number of nitrogens with zero attached hydrogens (tertiary/aromatic N) is 2. The Morgan fingerprint density at radius 3 is 2.58 bits per heavy atom. The summed E-state index contributed by atoms with van der Waals surface area (Å²) < 4.78 is 0. The van der Waals surface area contributed by atoms with Gasteiger partial charge >= 0.3 is 6.03 Å². The number of hydrogen-bond donors (Lipinski definition) is 2. The van der Waals surface area contributed by atoms with Crippen molar-refractivity contribution in [2.24, 2.45) is 0 Å².